The number of halogens is 3. The fourth-order valence-corrected chi connectivity index (χ4v) is 8.38. The molecule has 1 saturated heterocycles. The number of nitrogens with one attached hydrogen (secondary N) is 3. The Morgan fingerprint density at radius 3 is 2.18 bits per heavy atom. The highest BCUT2D eigenvalue weighted by atomic mass is 19.4. The van der Waals surface area contributed by atoms with Crippen LogP contribution >= 0.6 is 0 Å². The maximum absolute atomic E-state index is 14.0. The Labute approximate surface area is 219 Å². The van der Waals surface area contributed by atoms with E-state index in [4.69, 9.17) is 0 Å². The second kappa shape index (κ2) is 10.5. The minimum absolute atomic E-state index is 0.0926. The number of carbonyl (C=O) groups is 4. The highest BCUT2D eigenvalue weighted by Gasteiger charge is 2.57. The highest BCUT2D eigenvalue weighted by molar-refractivity contribution is 5.96. The third kappa shape index (κ3) is 5.15. The van der Waals surface area contributed by atoms with E-state index in [2.05, 4.69) is 10.6 Å². The van der Waals surface area contributed by atoms with E-state index < -0.39 is 47.7 Å². The first-order valence-electron chi connectivity index (χ1n) is 14.0. The van der Waals surface area contributed by atoms with Crippen molar-refractivity contribution in [2.75, 3.05) is 6.54 Å². The van der Waals surface area contributed by atoms with Crippen LogP contribution in [0.5, 0.6) is 0 Å². The summed E-state index contributed by atoms with van der Waals surface area (Å²) in [6.07, 6.45) is 1.99. The van der Waals surface area contributed by atoms with Crippen LogP contribution in [-0.4, -0.2) is 48.3 Å². The van der Waals surface area contributed by atoms with E-state index in [1.165, 1.54) is 0 Å². The van der Waals surface area contributed by atoms with Gasteiger partial charge in [-0.3, -0.25) is 19.2 Å². The first-order chi connectivity index (χ1) is 18.1. The van der Waals surface area contributed by atoms with E-state index in [1.54, 1.807) is 0 Å². The van der Waals surface area contributed by atoms with Crippen molar-refractivity contribution in [2.24, 2.45) is 47.3 Å². The molecule has 5 fully saturated rings. The van der Waals surface area contributed by atoms with Crippen molar-refractivity contribution in [3.05, 3.63) is 0 Å². The van der Waals surface area contributed by atoms with Crippen LogP contribution in [0, 0.1) is 58.7 Å². The van der Waals surface area contributed by atoms with Gasteiger partial charge in [-0.15, -0.1) is 0 Å². The molecule has 1 heterocycles. The zero-order chi connectivity index (χ0) is 27.2. The molecular formula is C27H35F3N4O4. The molecule has 8 nitrogen and oxygen atoms in total. The Hall–Kier alpha value is -2.64. The third-order valence-corrected chi connectivity index (χ3v) is 10.1. The minimum atomic E-state index is -5.11. The molecule has 5 rings (SSSR count). The Morgan fingerprint density at radius 1 is 0.947 bits per heavy atom. The molecule has 4 saturated carbocycles. The predicted octanol–water partition coefficient (Wildman–Crippen LogP) is 2.63. The van der Waals surface area contributed by atoms with E-state index in [-0.39, 0.29) is 36.0 Å². The number of hydrogen-bond donors (Lipinski definition) is 3. The van der Waals surface area contributed by atoms with E-state index >= 15 is 0 Å². The van der Waals surface area contributed by atoms with Gasteiger partial charge in [0.25, 0.3) is 0 Å². The smallest absolute Gasteiger partial charge is 0.356 e. The Bertz CT molecular complexity index is 1010. The van der Waals surface area contributed by atoms with Gasteiger partial charge >= 0.3 is 12.1 Å². The van der Waals surface area contributed by atoms with E-state index in [0.717, 1.165) is 25.7 Å². The van der Waals surface area contributed by atoms with Crippen LogP contribution in [0.15, 0.2) is 0 Å². The van der Waals surface area contributed by atoms with Gasteiger partial charge < -0.3 is 16.0 Å². The van der Waals surface area contributed by atoms with Crippen LogP contribution in [0.2, 0.25) is 0 Å². The molecule has 0 aromatic carbocycles. The Balaban J connectivity index is 1.34. The summed E-state index contributed by atoms with van der Waals surface area (Å²) >= 11 is 0. The number of carbonyl (C=O) groups excluding carboxylic acids is 4. The number of Topliss-reactive ketones (excluding diaryl/α,β-unsaturated/α-hetero) is 1. The van der Waals surface area contributed by atoms with E-state index in [1.807, 2.05) is 11.4 Å². The fourth-order valence-electron chi connectivity index (χ4n) is 8.38. The fraction of sp³-hybridized carbons (Fsp3) is 0.815. The van der Waals surface area contributed by atoms with Crippen LogP contribution in [0.1, 0.15) is 64.2 Å². The van der Waals surface area contributed by atoms with Gasteiger partial charge in [-0.25, -0.2) is 0 Å². The number of fused-ring (bicyclic) bond motifs is 3. The number of nitrogens with zero attached hydrogens (tertiary/aromatic N) is 1. The van der Waals surface area contributed by atoms with Crippen molar-refractivity contribution in [3.63, 3.8) is 0 Å². The average Bonchev–Trinajstić information content (AvgIpc) is 3.68. The lowest BCUT2D eigenvalue weighted by Gasteiger charge is -2.34. The number of nitriles is 1. The summed E-state index contributed by atoms with van der Waals surface area (Å²) in [4.78, 5) is 51.5. The summed E-state index contributed by atoms with van der Waals surface area (Å²) in [6, 6.07) is -0.130. The molecule has 9 atom stereocenters. The number of alkyl halides is 3. The Kier molecular flexibility index (Phi) is 7.44. The zero-order valence-electron chi connectivity index (χ0n) is 21.3. The lowest BCUT2D eigenvalue weighted by Crippen LogP contribution is -2.54. The standard InChI is InChI=1S/C27H35F3N4O4/c28-27(29,30)26(38)34-22(18-8-13-2-1-3-14(13)9-18)23(35)20-15-4-5-16(10-15)21(20)25(37)33-19(12-31)11-17-6-7-32-24(17)36/h13-22H,1-11H2,(H,32,36)(H,33,37)(H,34,38)/t13?,14?,15-,16+,17+,18?,19+,20?,21-,22+/m1/s1. The second-order valence-electron chi connectivity index (χ2n) is 12.1. The van der Waals surface area contributed by atoms with Gasteiger partial charge in [-0.2, -0.15) is 18.4 Å². The first-order valence-corrected chi connectivity index (χ1v) is 14.0. The quantitative estimate of drug-likeness (QED) is 0.440. The molecule has 5 aliphatic rings. The van der Waals surface area contributed by atoms with Crippen LogP contribution in [0.3, 0.4) is 0 Å². The van der Waals surface area contributed by atoms with Crippen molar-refractivity contribution in [1.82, 2.24) is 16.0 Å². The summed E-state index contributed by atoms with van der Waals surface area (Å²) < 4.78 is 39.8. The van der Waals surface area contributed by atoms with Gasteiger partial charge in [-0.05, 0) is 74.5 Å². The molecule has 1 aliphatic heterocycles. The van der Waals surface area contributed by atoms with Crippen molar-refractivity contribution in [3.8, 4) is 6.07 Å². The molecule has 0 radical (unpaired) electrons. The Morgan fingerprint density at radius 2 is 1.61 bits per heavy atom. The average molecular weight is 537 g/mol. The monoisotopic (exact) mass is 536 g/mol. The molecule has 2 bridgehead atoms. The first kappa shape index (κ1) is 26.9. The molecule has 3 amide bonds. The van der Waals surface area contributed by atoms with Gasteiger partial charge in [0.15, 0.2) is 5.78 Å². The molecule has 3 N–H and O–H groups in total. The van der Waals surface area contributed by atoms with Gasteiger partial charge in [0, 0.05) is 18.4 Å². The van der Waals surface area contributed by atoms with Crippen LogP contribution in [-0.2, 0) is 19.2 Å². The lowest BCUT2D eigenvalue weighted by molar-refractivity contribution is -0.175. The molecule has 38 heavy (non-hydrogen) atoms. The number of rotatable bonds is 8. The van der Waals surface area contributed by atoms with Gasteiger partial charge in [-0.1, -0.05) is 19.3 Å². The summed E-state index contributed by atoms with van der Waals surface area (Å²) in [6.45, 7) is 0.520. The molecular weight excluding hydrogens is 501 g/mol. The molecule has 11 heteroatoms. The predicted molar refractivity (Wildman–Crippen MR) is 128 cm³/mol. The summed E-state index contributed by atoms with van der Waals surface area (Å²) in [5, 5.41) is 17.1. The highest BCUT2D eigenvalue weighted by Crippen LogP contribution is 2.54. The number of ketones is 1. The number of amides is 3. The maximum atomic E-state index is 14.0. The topological polar surface area (TPSA) is 128 Å². The number of hydrogen-bond acceptors (Lipinski definition) is 5. The normalized spacial score (nSPS) is 37.3. The van der Waals surface area contributed by atoms with Gasteiger partial charge in [0.1, 0.15) is 6.04 Å². The second-order valence-corrected chi connectivity index (χ2v) is 12.1. The molecule has 4 aliphatic carbocycles. The van der Waals surface area contributed by atoms with E-state index in [9.17, 15) is 37.6 Å². The zero-order valence-corrected chi connectivity index (χ0v) is 21.3. The van der Waals surface area contributed by atoms with Crippen molar-refractivity contribution in [2.45, 2.75) is 82.5 Å². The molecule has 0 aromatic rings. The van der Waals surface area contributed by atoms with Gasteiger partial charge in [0.05, 0.1) is 18.0 Å². The molecule has 0 aromatic heterocycles. The van der Waals surface area contributed by atoms with Crippen molar-refractivity contribution in [1.29, 1.82) is 5.26 Å². The molecule has 3 unspecified atom stereocenters. The van der Waals surface area contributed by atoms with E-state index in [0.29, 0.717) is 50.5 Å². The minimum Gasteiger partial charge on any atom is -0.356 e. The molecule has 0 spiro atoms. The molecule has 208 valence electrons. The van der Waals surface area contributed by atoms with Crippen molar-refractivity contribution >= 4 is 23.5 Å². The van der Waals surface area contributed by atoms with Gasteiger partial charge in [0.2, 0.25) is 11.8 Å². The third-order valence-electron chi connectivity index (χ3n) is 10.1. The lowest BCUT2D eigenvalue weighted by atomic mass is 9.72. The summed E-state index contributed by atoms with van der Waals surface area (Å²) in [5.41, 5.74) is 0. The van der Waals surface area contributed by atoms with Crippen LogP contribution < -0.4 is 16.0 Å². The van der Waals surface area contributed by atoms with Crippen LogP contribution in [0.4, 0.5) is 13.2 Å². The summed E-state index contributed by atoms with van der Waals surface area (Å²) in [7, 11) is 0. The SMILES string of the molecule is N#C[C@H](C[C@@H]1CCNC1=O)NC(=O)[C@H]1C(C(=O)[C@@H](NC(=O)C(F)(F)F)C2CC3CCCC3C2)[C@@H]2CC[C@H]1C2. The largest absolute Gasteiger partial charge is 0.471 e. The van der Waals surface area contributed by atoms with Crippen molar-refractivity contribution < 1.29 is 32.3 Å². The maximum Gasteiger partial charge on any atom is 0.471 e. The summed E-state index contributed by atoms with van der Waals surface area (Å²) in [5.74, 6) is -4.98. The van der Waals surface area contributed by atoms with Crippen LogP contribution in [0.25, 0.3) is 0 Å².